The standard InChI is InChI=1S/C21H24N6/c1-15-11-18(13-20(12-15)26-9-3-4-10-26)24-21-23-14-27(25-21)19-7-5-17(6-8-19)16(2)22/h5-8,11-14,22H,3-4,9-10H2,1-2H3,(H,24,25). The van der Waals surface area contributed by atoms with Crippen LogP contribution in [0.5, 0.6) is 0 Å². The molecule has 1 saturated heterocycles. The highest BCUT2D eigenvalue weighted by Gasteiger charge is 2.13. The lowest BCUT2D eigenvalue weighted by Gasteiger charge is -2.19. The zero-order chi connectivity index (χ0) is 18.8. The first kappa shape index (κ1) is 17.3. The van der Waals surface area contributed by atoms with Gasteiger partial charge in [-0.1, -0.05) is 12.1 Å². The molecule has 0 amide bonds. The predicted octanol–water partition coefficient (Wildman–Crippen LogP) is 4.31. The Balaban J connectivity index is 1.53. The van der Waals surface area contributed by atoms with Gasteiger partial charge in [0.2, 0.25) is 5.95 Å². The normalized spacial score (nSPS) is 13.8. The summed E-state index contributed by atoms with van der Waals surface area (Å²) in [6.45, 7) is 6.15. The number of nitrogens with zero attached hydrogens (tertiary/aromatic N) is 4. The third kappa shape index (κ3) is 3.84. The minimum atomic E-state index is 0.552. The van der Waals surface area contributed by atoms with Gasteiger partial charge >= 0.3 is 0 Å². The average Bonchev–Trinajstić information content (AvgIpc) is 3.33. The van der Waals surface area contributed by atoms with Gasteiger partial charge in [0, 0.05) is 30.2 Å². The lowest BCUT2D eigenvalue weighted by Crippen LogP contribution is -2.17. The van der Waals surface area contributed by atoms with Crippen LogP contribution in [0, 0.1) is 12.3 Å². The van der Waals surface area contributed by atoms with Crippen molar-refractivity contribution in [1.29, 1.82) is 5.41 Å². The van der Waals surface area contributed by atoms with Crippen LogP contribution < -0.4 is 10.2 Å². The molecule has 6 heteroatoms. The largest absolute Gasteiger partial charge is 0.371 e. The van der Waals surface area contributed by atoms with Crippen LogP contribution in [0.1, 0.15) is 30.9 Å². The van der Waals surface area contributed by atoms with Gasteiger partial charge in [-0.15, -0.1) is 5.10 Å². The van der Waals surface area contributed by atoms with E-state index in [1.165, 1.54) is 24.1 Å². The molecule has 2 N–H and O–H groups in total. The average molecular weight is 360 g/mol. The summed E-state index contributed by atoms with van der Waals surface area (Å²) >= 11 is 0. The molecule has 2 aromatic carbocycles. The van der Waals surface area contributed by atoms with Crippen molar-refractivity contribution in [2.24, 2.45) is 0 Å². The third-order valence-corrected chi connectivity index (χ3v) is 4.85. The quantitative estimate of drug-likeness (QED) is 0.665. The van der Waals surface area contributed by atoms with Crippen LogP contribution >= 0.6 is 0 Å². The van der Waals surface area contributed by atoms with E-state index in [2.05, 4.69) is 45.4 Å². The molecule has 2 heterocycles. The summed E-state index contributed by atoms with van der Waals surface area (Å²) in [7, 11) is 0. The first-order valence-corrected chi connectivity index (χ1v) is 9.30. The molecule has 0 radical (unpaired) electrons. The minimum absolute atomic E-state index is 0.552. The molecule has 0 bridgehead atoms. The Labute approximate surface area is 159 Å². The van der Waals surface area contributed by atoms with E-state index >= 15 is 0 Å². The Morgan fingerprint density at radius 3 is 2.48 bits per heavy atom. The predicted molar refractivity (Wildman–Crippen MR) is 110 cm³/mol. The Morgan fingerprint density at radius 1 is 1.04 bits per heavy atom. The number of rotatable bonds is 5. The molecule has 138 valence electrons. The lowest BCUT2D eigenvalue weighted by molar-refractivity contribution is 0.882. The van der Waals surface area contributed by atoms with E-state index in [0.717, 1.165) is 30.0 Å². The number of anilines is 3. The fourth-order valence-corrected chi connectivity index (χ4v) is 3.43. The van der Waals surface area contributed by atoms with E-state index in [-0.39, 0.29) is 0 Å². The maximum Gasteiger partial charge on any atom is 0.246 e. The Kier molecular flexibility index (Phi) is 4.62. The van der Waals surface area contributed by atoms with Crippen LogP contribution in [0.2, 0.25) is 0 Å². The summed E-state index contributed by atoms with van der Waals surface area (Å²) in [5.41, 5.74) is 5.86. The van der Waals surface area contributed by atoms with E-state index in [9.17, 15) is 0 Å². The fourth-order valence-electron chi connectivity index (χ4n) is 3.43. The first-order valence-electron chi connectivity index (χ1n) is 9.30. The summed E-state index contributed by atoms with van der Waals surface area (Å²) in [4.78, 5) is 6.81. The van der Waals surface area contributed by atoms with Gasteiger partial charge in [-0.05, 0) is 68.1 Å². The van der Waals surface area contributed by atoms with Crippen molar-refractivity contribution in [3.05, 3.63) is 59.9 Å². The molecule has 0 atom stereocenters. The monoisotopic (exact) mass is 360 g/mol. The molecule has 6 nitrogen and oxygen atoms in total. The van der Waals surface area contributed by atoms with Crippen molar-refractivity contribution in [3.8, 4) is 5.69 Å². The molecule has 0 aliphatic carbocycles. The second-order valence-electron chi connectivity index (χ2n) is 7.06. The molecular formula is C21H24N6. The summed E-state index contributed by atoms with van der Waals surface area (Å²) in [6.07, 6.45) is 4.23. The maximum absolute atomic E-state index is 7.69. The molecule has 4 rings (SSSR count). The molecule has 0 spiro atoms. The zero-order valence-electron chi connectivity index (χ0n) is 15.7. The summed E-state index contributed by atoms with van der Waals surface area (Å²) in [5.74, 6) is 0.570. The lowest BCUT2D eigenvalue weighted by atomic mass is 10.1. The van der Waals surface area contributed by atoms with Gasteiger partial charge in [-0.3, -0.25) is 0 Å². The van der Waals surface area contributed by atoms with E-state index < -0.39 is 0 Å². The van der Waals surface area contributed by atoms with Crippen LogP contribution in [-0.4, -0.2) is 33.6 Å². The number of nitrogens with one attached hydrogen (secondary N) is 2. The maximum atomic E-state index is 7.69. The molecule has 1 aliphatic rings. The number of aromatic nitrogens is 3. The SMILES string of the molecule is CC(=N)c1ccc(-n2cnc(Nc3cc(C)cc(N4CCCC4)c3)n2)cc1. The molecule has 3 aromatic rings. The Bertz CT molecular complexity index is 951. The topological polar surface area (TPSA) is 69.8 Å². The molecule has 1 fully saturated rings. The zero-order valence-corrected chi connectivity index (χ0v) is 15.7. The van der Waals surface area contributed by atoms with Crippen LogP contribution in [0.25, 0.3) is 5.69 Å². The molecular weight excluding hydrogens is 336 g/mol. The molecule has 27 heavy (non-hydrogen) atoms. The van der Waals surface area contributed by atoms with Gasteiger partial charge < -0.3 is 15.6 Å². The summed E-state index contributed by atoms with van der Waals surface area (Å²) in [6, 6.07) is 14.3. The van der Waals surface area contributed by atoms with Crippen molar-refractivity contribution >= 4 is 23.0 Å². The molecule has 0 saturated carbocycles. The smallest absolute Gasteiger partial charge is 0.246 e. The van der Waals surface area contributed by atoms with Gasteiger partial charge in [-0.25, -0.2) is 4.68 Å². The Hall–Kier alpha value is -3.15. The molecule has 0 unspecified atom stereocenters. The number of aryl methyl sites for hydroxylation is 1. The minimum Gasteiger partial charge on any atom is -0.371 e. The number of benzene rings is 2. The van der Waals surface area contributed by atoms with Gasteiger partial charge in [0.25, 0.3) is 0 Å². The van der Waals surface area contributed by atoms with Crippen molar-refractivity contribution in [1.82, 2.24) is 14.8 Å². The second kappa shape index (κ2) is 7.23. The summed E-state index contributed by atoms with van der Waals surface area (Å²) in [5, 5.41) is 15.5. The van der Waals surface area contributed by atoms with Crippen molar-refractivity contribution in [2.45, 2.75) is 26.7 Å². The molecule has 1 aliphatic heterocycles. The fraction of sp³-hybridized carbons (Fsp3) is 0.286. The van der Waals surface area contributed by atoms with Crippen molar-refractivity contribution in [3.63, 3.8) is 0 Å². The van der Waals surface area contributed by atoms with Crippen LogP contribution in [0.4, 0.5) is 17.3 Å². The number of hydrogen-bond donors (Lipinski definition) is 2. The van der Waals surface area contributed by atoms with Gasteiger partial charge in [0.15, 0.2) is 0 Å². The highest BCUT2D eigenvalue weighted by atomic mass is 15.4. The van der Waals surface area contributed by atoms with Crippen LogP contribution in [0.15, 0.2) is 48.8 Å². The first-order chi connectivity index (χ1) is 13.1. The van der Waals surface area contributed by atoms with E-state index in [4.69, 9.17) is 5.41 Å². The highest BCUT2D eigenvalue weighted by molar-refractivity contribution is 5.96. The summed E-state index contributed by atoms with van der Waals surface area (Å²) < 4.78 is 1.74. The number of hydrogen-bond acceptors (Lipinski definition) is 5. The van der Waals surface area contributed by atoms with Crippen molar-refractivity contribution in [2.75, 3.05) is 23.3 Å². The molecule has 1 aromatic heterocycles. The van der Waals surface area contributed by atoms with Crippen LogP contribution in [0.3, 0.4) is 0 Å². The van der Waals surface area contributed by atoms with Crippen molar-refractivity contribution < 1.29 is 0 Å². The van der Waals surface area contributed by atoms with Gasteiger partial charge in [0.05, 0.1) is 5.69 Å². The van der Waals surface area contributed by atoms with Crippen LogP contribution in [-0.2, 0) is 0 Å². The van der Waals surface area contributed by atoms with E-state index in [1.54, 1.807) is 17.9 Å². The second-order valence-corrected chi connectivity index (χ2v) is 7.06. The van der Waals surface area contributed by atoms with Gasteiger partial charge in [0.1, 0.15) is 6.33 Å². The highest BCUT2D eigenvalue weighted by Crippen LogP contribution is 2.26. The third-order valence-electron chi connectivity index (χ3n) is 4.85. The van der Waals surface area contributed by atoms with Gasteiger partial charge in [-0.2, -0.15) is 4.98 Å². The van der Waals surface area contributed by atoms with E-state index in [0.29, 0.717) is 11.7 Å². The Morgan fingerprint density at radius 2 is 1.78 bits per heavy atom. The van der Waals surface area contributed by atoms with E-state index in [1.807, 2.05) is 24.3 Å².